The van der Waals surface area contributed by atoms with Gasteiger partial charge in [0.15, 0.2) is 0 Å². The van der Waals surface area contributed by atoms with Crippen LogP contribution < -0.4 is 26.1 Å². The van der Waals surface area contributed by atoms with Crippen molar-refractivity contribution in [3.8, 4) is 11.5 Å². The molecule has 0 unspecified atom stereocenters. The fourth-order valence-corrected chi connectivity index (χ4v) is 4.02. The van der Waals surface area contributed by atoms with Gasteiger partial charge in [-0.15, -0.1) is 0 Å². The summed E-state index contributed by atoms with van der Waals surface area (Å²) in [5, 5.41) is 3.97. The van der Waals surface area contributed by atoms with Crippen LogP contribution in [0, 0.1) is 0 Å². The molecule has 3 aromatic carbocycles. The molecule has 180 valence electrons. The molecule has 0 bridgehead atoms. The first-order chi connectivity index (χ1) is 17.0. The van der Waals surface area contributed by atoms with E-state index >= 15 is 0 Å². The van der Waals surface area contributed by atoms with E-state index in [4.69, 9.17) is 15.2 Å². The van der Waals surface area contributed by atoms with Crippen LogP contribution in [0.2, 0.25) is 0 Å². The van der Waals surface area contributed by atoms with E-state index in [-0.39, 0.29) is 24.7 Å². The number of hydrogen-bond donors (Lipinski definition) is 2. The number of nitrogens with zero attached hydrogens (tertiary/aromatic N) is 2. The topological polar surface area (TPSA) is 108 Å². The van der Waals surface area contributed by atoms with Gasteiger partial charge in [-0.05, 0) is 53.9 Å². The lowest BCUT2D eigenvalue weighted by atomic mass is 9.98. The van der Waals surface area contributed by atoms with Crippen LogP contribution in [-0.4, -0.2) is 29.7 Å². The Kier molecular flexibility index (Phi) is 7.42. The number of aromatic nitrogens is 2. The minimum atomic E-state index is -0.602. The molecule has 8 heteroatoms. The highest BCUT2D eigenvalue weighted by atomic mass is 16.5. The summed E-state index contributed by atoms with van der Waals surface area (Å²) in [5.41, 5.74) is 7.88. The highest BCUT2D eigenvalue weighted by Gasteiger charge is 2.17. The zero-order valence-electron chi connectivity index (χ0n) is 19.7. The van der Waals surface area contributed by atoms with Crippen LogP contribution in [0.3, 0.4) is 0 Å². The van der Waals surface area contributed by atoms with Crippen molar-refractivity contribution in [2.75, 3.05) is 14.2 Å². The minimum Gasteiger partial charge on any atom is -0.497 e. The quantitative estimate of drug-likeness (QED) is 0.367. The smallest absolute Gasteiger partial charge is 0.261 e. The Morgan fingerprint density at radius 2 is 1.60 bits per heavy atom. The molecule has 0 saturated heterocycles. The lowest BCUT2D eigenvalue weighted by Gasteiger charge is -2.21. The number of benzene rings is 3. The van der Waals surface area contributed by atoms with E-state index in [0.29, 0.717) is 23.1 Å². The Hall–Kier alpha value is -4.17. The molecule has 4 aromatic rings. The molecule has 0 saturated carbocycles. The van der Waals surface area contributed by atoms with Crippen LogP contribution >= 0.6 is 0 Å². The maximum Gasteiger partial charge on any atom is 0.261 e. The molecule has 1 amide bonds. The first-order valence-electron chi connectivity index (χ1n) is 11.3. The van der Waals surface area contributed by atoms with Gasteiger partial charge in [-0.3, -0.25) is 14.2 Å². The van der Waals surface area contributed by atoms with Gasteiger partial charge in [-0.25, -0.2) is 4.98 Å². The number of methoxy groups -OCH3 is 2. The van der Waals surface area contributed by atoms with Gasteiger partial charge in [0.1, 0.15) is 23.9 Å². The second-order valence-electron chi connectivity index (χ2n) is 8.16. The zero-order valence-corrected chi connectivity index (χ0v) is 19.7. The van der Waals surface area contributed by atoms with E-state index in [1.807, 2.05) is 54.6 Å². The highest BCUT2D eigenvalue weighted by molar-refractivity contribution is 5.78. The number of ether oxygens (including phenoxy) is 2. The number of primary amides is 1. The standard InChI is InChI=1S/C27H28N4O4/c1-34-20-11-7-18(8-12-20)15-24(19-9-13-21(35-2)14-10-19)29-16-26-30-23-6-4-3-5-22(23)27(33)31(26)17-25(28)32/h3-14,24,29H,15-17H2,1-2H3,(H2,28,32)/t24-/m1/s1. The summed E-state index contributed by atoms with van der Waals surface area (Å²) in [6.07, 6.45) is 0.684. The molecule has 1 atom stereocenters. The van der Waals surface area contributed by atoms with Crippen LogP contribution in [0.5, 0.6) is 11.5 Å². The van der Waals surface area contributed by atoms with Crippen molar-refractivity contribution in [3.63, 3.8) is 0 Å². The Morgan fingerprint density at radius 1 is 0.971 bits per heavy atom. The molecule has 0 spiro atoms. The van der Waals surface area contributed by atoms with Crippen LogP contribution in [0.15, 0.2) is 77.6 Å². The first kappa shape index (κ1) is 24.0. The van der Waals surface area contributed by atoms with Gasteiger partial charge >= 0.3 is 0 Å². The monoisotopic (exact) mass is 472 g/mol. The molecular weight excluding hydrogens is 444 g/mol. The van der Waals surface area contributed by atoms with E-state index in [9.17, 15) is 9.59 Å². The Labute approximate surface area is 203 Å². The summed E-state index contributed by atoms with van der Waals surface area (Å²) in [4.78, 5) is 29.5. The minimum absolute atomic E-state index is 0.0975. The Bertz CT molecular complexity index is 1370. The van der Waals surface area contributed by atoms with Crippen molar-refractivity contribution in [2.45, 2.75) is 25.6 Å². The fourth-order valence-electron chi connectivity index (χ4n) is 4.02. The van der Waals surface area contributed by atoms with Crippen LogP contribution in [0.25, 0.3) is 10.9 Å². The van der Waals surface area contributed by atoms with Gasteiger partial charge in [0.25, 0.3) is 5.56 Å². The van der Waals surface area contributed by atoms with E-state index < -0.39 is 5.91 Å². The Morgan fingerprint density at radius 3 is 2.23 bits per heavy atom. The summed E-state index contributed by atoms with van der Waals surface area (Å²) in [6, 6.07) is 22.7. The van der Waals surface area contributed by atoms with E-state index in [1.165, 1.54) is 4.57 Å². The highest BCUT2D eigenvalue weighted by Crippen LogP contribution is 2.23. The maximum absolute atomic E-state index is 13.1. The van der Waals surface area contributed by atoms with Crippen LogP contribution in [0.4, 0.5) is 0 Å². The van der Waals surface area contributed by atoms with Crippen LogP contribution in [-0.2, 0) is 24.3 Å². The average Bonchev–Trinajstić information content (AvgIpc) is 2.88. The molecule has 0 aliphatic carbocycles. The lowest BCUT2D eigenvalue weighted by Crippen LogP contribution is -2.34. The number of fused-ring (bicyclic) bond motifs is 1. The van der Waals surface area contributed by atoms with Crippen LogP contribution in [0.1, 0.15) is 23.0 Å². The normalized spacial score (nSPS) is 11.8. The van der Waals surface area contributed by atoms with Gasteiger partial charge in [0.2, 0.25) is 5.91 Å². The third-order valence-electron chi connectivity index (χ3n) is 5.88. The van der Waals surface area contributed by atoms with Crippen molar-refractivity contribution >= 4 is 16.8 Å². The van der Waals surface area contributed by atoms with E-state index in [1.54, 1.807) is 32.4 Å². The Balaban J connectivity index is 1.67. The summed E-state index contributed by atoms with van der Waals surface area (Å²) < 4.78 is 11.9. The summed E-state index contributed by atoms with van der Waals surface area (Å²) in [6.45, 7) is 0.0273. The van der Waals surface area contributed by atoms with Gasteiger partial charge < -0.3 is 20.5 Å². The maximum atomic E-state index is 13.1. The zero-order chi connectivity index (χ0) is 24.8. The predicted molar refractivity (Wildman–Crippen MR) is 134 cm³/mol. The SMILES string of the molecule is COc1ccc(C[C@@H](NCc2nc3ccccc3c(=O)n2CC(N)=O)c2ccc(OC)cc2)cc1. The molecule has 35 heavy (non-hydrogen) atoms. The van der Waals surface area contributed by atoms with Crippen molar-refractivity contribution < 1.29 is 14.3 Å². The van der Waals surface area contributed by atoms with Crippen molar-refractivity contribution in [3.05, 3.63) is 100 Å². The molecular formula is C27H28N4O4. The third-order valence-corrected chi connectivity index (χ3v) is 5.88. The fraction of sp³-hybridized carbons (Fsp3) is 0.222. The molecule has 0 aliphatic heterocycles. The molecule has 0 aliphatic rings. The summed E-state index contributed by atoms with van der Waals surface area (Å²) >= 11 is 0. The predicted octanol–water partition coefficient (Wildman–Crippen LogP) is 2.97. The molecule has 3 N–H and O–H groups in total. The molecule has 0 fully saturated rings. The van der Waals surface area contributed by atoms with Gasteiger partial charge in [0, 0.05) is 6.04 Å². The van der Waals surface area contributed by atoms with Crippen molar-refractivity contribution in [1.29, 1.82) is 0 Å². The van der Waals surface area contributed by atoms with Gasteiger partial charge in [0.05, 0.1) is 31.7 Å². The summed E-state index contributed by atoms with van der Waals surface area (Å²) in [7, 11) is 3.27. The molecule has 8 nitrogen and oxygen atoms in total. The van der Waals surface area contributed by atoms with Gasteiger partial charge in [-0.1, -0.05) is 36.4 Å². The number of nitrogens with two attached hydrogens (primary N) is 1. The number of para-hydroxylation sites is 1. The van der Waals surface area contributed by atoms with Crippen molar-refractivity contribution in [2.24, 2.45) is 5.73 Å². The number of amides is 1. The lowest BCUT2D eigenvalue weighted by molar-refractivity contribution is -0.118. The second kappa shape index (κ2) is 10.8. The molecule has 4 rings (SSSR count). The largest absolute Gasteiger partial charge is 0.497 e. The summed E-state index contributed by atoms with van der Waals surface area (Å²) in [5.74, 6) is 1.40. The number of carbonyl (C=O) groups is 1. The number of carbonyl (C=O) groups excluding carboxylic acids is 1. The second-order valence-corrected chi connectivity index (χ2v) is 8.16. The molecule has 0 radical (unpaired) electrons. The average molecular weight is 473 g/mol. The molecule has 1 heterocycles. The first-order valence-corrected chi connectivity index (χ1v) is 11.3. The van der Waals surface area contributed by atoms with E-state index in [2.05, 4.69) is 10.3 Å². The number of rotatable bonds is 10. The third kappa shape index (κ3) is 5.67. The number of nitrogens with one attached hydrogen (secondary N) is 1. The number of hydrogen-bond acceptors (Lipinski definition) is 6. The van der Waals surface area contributed by atoms with Gasteiger partial charge in [-0.2, -0.15) is 0 Å². The molecule has 1 aromatic heterocycles. The van der Waals surface area contributed by atoms with E-state index in [0.717, 1.165) is 22.6 Å². The van der Waals surface area contributed by atoms with Crippen molar-refractivity contribution in [1.82, 2.24) is 14.9 Å².